The van der Waals surface area contributed by atoms with Gasteiger partial charge in [0.1, 0.15) is 5.75 Å². The highest BCUT2D eigenvalue weighted by Gasteiger charge is 2.16. The predicted molar refractivity (Wildman–Crippen MR) is 76.3 cm³/mol. The Hall–Kier alpha value is -2.10. The molecule has 1 aromatic carbocycles. The van der Waals surface area contributed by atoms with Crippen LogP contribution in [-0.2, 0) is 26.3 Å². The lowest BCUT2D eigenvalue weighted by Gasteiger charge is -2.04. The number of nitrogens with zero attached hydrogens (tertiary/aromatic N) is 2. The molecule has 0 radical (unpaired) electrons. The predicted octanol–water partition coefficient (Wildman–Crippen LogP) is 2.34. The van der Waals surface area contributed by atoms with Crippen LogP contribution in [0.4, 0.5) is 0 Å². The minimum absolute atomic E-state index is 0.130. The van der Waals surface area contributed by atoms with Crippen LogP contribution < -0.4 is 4.74 Å². The van der Waals surface area contributed by atoms with Crippen molar-refractivity contribution in [2.24, 2.45) is 7.05 Å². The standard InChI is InChI=1S/C16H18N2O2/c1-3-13-9-14(18(2)17-13)10-15(19)11-4-5-16-12(8-11)6-7-20-16/h4-5,8-9H,3,6-7,10H2,1-2H3. The Labute approximate surface area is 118 Å². The van der Waals surface area contributed by atoms with Crippen LogP contribution in [0.3, 0.4) is 0 Å². The van der Waals surface area contributed by atoms with E-state index in [1.807, 2.05) is 31.3 Å². The topological polar surface area (TPSA) is 44.1 Å². The molecule has 20 heavy (non-hydrogen) atoms. The van der Waals surface area contributed by atoms with E-state index in [9.17, 15) is 4.79 Å². The second-order valence-corrected chi connectivity index (χ2v) is 5.13. The van der Waals surface area contributed by atoms with Crippen molar-refractivity contribution in [1.82, 2.24) is 9.78 Å². The first-order chi connectivity index (χ1) is 9.67. The van der Waals surface area contributed by atoms with Gasteiger partial charge in [-0.3, -0.25) is 9.48 Å². The molecule has 1 aliphatic heterocycles. The summed E-state index contributed by atoms with van der Waals surface area (Å²) in [5.41, 5.74) is 3.88. The van der Waals surface area contributed by atoms with Crippen LogP contribution in [0.15, 0.2) is 24.3 Å². The number of aryl methyl sites for hydroxylation is 2. The fourth-order valence-corrected chi connectivity index (χ4v) is 2.54. The van der Waals surface area contributed by atoms with Gasteiger partial charge >= 0.3 is 0 Å². The highest BCUT2D eigenvalue weighted by Crippen LogP contribution is 2.26. The van der Waals surface area contributed by atoms with Crippen LogP contribution in [0.1, 0.15) is 34.2 Å². The number of carbonyl (C=O) groups excluding carboxylic acids is 1. The van der Waals surface area contributed by atoms with Gasteiger partial charge in [0.15, 0.2) is 5.78 Å². The summed E-state index contributed by atoms with van der Waals surface area (Å²) in [6.45, 7) is 2.78. The third-order valence-electron chi connectivity index (χ3n) is 3.74. The lowest BCUT2D eigenvalue weighted by atomic mass is 10.0. The Balaban J connectivity index is 1.80. The molecule has 1 aromatic heterocycles. The summed E-state index contributed by atoms with van der Waals surface area (Å²) in [5.74, 6) is 1.04. The maximum Gasteiger partial charge on any atom is 0.168 e. The molecular weight excluding hydrogens is 252 g/mol. The molecule has 1 aliphatic rings. The normalized spacial score (nSPS) is 13.1. The number of rotatable bonds is 4. The van der Waals surface area contributed by atoms with Crippen LogP contribution in [0.2, 0.25) is 0 Å². The maximum absolute atomic E-state index is 12.4. The van der Waals surface area contributed by atoms with Gasteiger partial charge in [-0.15, -0.1) is 0 Å². The molecule has 0 amide bonds. The molecule has 104 valence electrons. The zero-order valence-corrected chi connectivity index (χ0v) is 11.8. The summed E-state index contributed by atoms with van der Waals surface area (Å²) in [6, 6.07) is 7.72. The van der Waals surface area contributed by atoms with Crippen molar-refractivity contribution in [3.63, 3.8) is 0 Å². The average Bonchev–Trinajstić information content (AvgIpc) is 3.04. The molecule has 0 atom stereocenters. The average molecular weight is 270 g/mol. The molecule has 0 saturated heterocycles. The lowest BCUT2D eigenvalue weighted by molar-refractivity contribution is 0.0990. The fourth-order valence-electron chi connectivity index (χ4n) is 2.54. The Morgan fingerprint density at radius 3 is 3.00 bits per heavy atom. The van der Waals surface area contributed by atoms with Crippen molar-refractivity contribution < 1.29 is 9.53 Å². The largest absolute Gasteiger partial charge is 0.493 e. The number of hydrogen-bond acceptors (Lipinski definition) is 3. The zero-order valence-electron chi connectivity index (χ0n) is 11.8. The molecular formula is C16H18N2O2. The molecule has 0 unspecified atom stereocenters. The van der Waals surface area contributed by atoms with Gasteiger partial charge in [-0.1, -0.05) is 6.92 Å². The van der Waals surface area contributed by atoms with Crippen LogP contribution in [0.5, 0.6) is 5.75 Å². The van der Waals surface area contributed by atoms with Gasteiger partial charge in [0, 0.05) is 24.7 Å². The molecule has 4 heteroatoms. The van der Waals surface area contributed by atoms with Crippen molar-refractivity contribution >= 4 is 5.78 Å². The number of ketones is 1. The fraction of sp³-hybridized carbons (Fsp3) is 0.375. The smallest absolute Gasteiger partial charge is 0.168 e. The van der Waals surface area contributed by atoms with E-state index >= 15 is 0 Å². The van der Waals surface area contributed by atoms with Gasteiger partial charge in [0.05, 0.1) is 18.7 Å². The van der Waals surface area contributed by atoms with E-state index in [0.29, 0.717) is 13.0 Å². The summed E-state index contributed by atoms with van der Waals surface area (Å²) in [4.78, 5) is 12.4. The Bertz CT molecular complexity index is 658. The van der Waals surface area contributed by atoms with Gasteiger partial charge in [0.2, 0.25) is 0 Å². The SMILES string of the molecule is CCc1cc(CC(=O)c2ccc3c(c2)CCO3)n(C)n1. The van der Waals surface area contributed by atoms with Crippen LogP contribution >= 0.6 is 0 Å². The molecule has 3 rings (SSSR count). The van der Waals surface area contributed by atoms with E-state index < -0.39 is 0 Å². The number of fused-ring (bicyclic) bond motifs is 1. The van der Waals surface area contributed by atoms with Crippen molar-refractivity contribution in [1.29, 1.82) is 0 Å². The molecule has 2 heterocycles. The highest BCUT2D eigenvalue weighted by atomic mass is 16.5. The number of benzene rings is 1. The van der Waals surface area contributed by atoms with Crippen molar-refractivity contribution in [2.75, 3.05) is 6.61 Å². The van der Waals surface area contributed by atoms with E-state index in [-0.39, 0.29) is 5.78 Å². The first kappa shape index (κ1) is 12.9. The minimum Gasteiger partial charge on any atom is -0.493 e. The molecule has 0 spiro atoms. The molecule has 2 aromatic rings. The lowest BCUT2D eigenvalue weighted by Crippen LogP contribution is -2.08. The second kappa shape index (κ2) is 5.12. The van der Waals surface area contributed by atoms with Crippen molar-refractivity contribution in [3.05, 3.63) is 46.8 Å². The molecule has 0 aliphatic carbocycles. The summed E-state index contributed by atoms with van der Waals surface area (Å²) < 4.78 is 7.26. The molecule has 0 fully saturated rings. The number of carbonyl (C=O) groups is 1. The van der Waals surface area contributed by atoms with E-state index in [4.69, 9.17) is 4.74 Å². The monoisotopic (exact) mass is 270 g/mol. The first-order valence-electron chi connectivity index (χ1n) is 6.98. The third-order valence-corrected chi connectivity index (χ3v) is 3.74. The van der Waals surface area contributed by atoms with Gasteiger partial charge in [-0.25, -0.2) is 0 Å². The second-order valence-electron chi connectivity index (χ2n) is 5.13. The maximum atomic E-state index is 12.4. The van der Waals surface area contributed by atoms with Gasteiger partial charge in [0.25, 0.3) is 0 Å². The number of aromatic nitrogens is 2. The molecule has 4 nitrogen and oxygen atoms in total. The van der Waals surface area contributed by atoms with E-state index in [1.165, 1.54) is 0 Å². The molecule has 0 saturated carbocycles. The first-order valence-corrected chi connectivity index (χ1v) is 6.98. The Morgan fingerprint density at radius 1 is 1.40 bits per heavy atom. The van der Waals surface area contributed by atoms with Crippen LogP contribution in [0, 0.1) is 0 Å². The van der Waals surface area contributed by atoms with E-state index in [1.54, 1.807) is 4.68 Å². The van der Waals surface area contributed by atoms with Gasteiger partial charge in [-0.2, -0.15) is 5.10 Å². The highest BCUT2D eigenvalue weighted by molar-refractivity contribution is 5.97. The molecule has 0 N–H and O–H groups in total. The zero-order chi connectivity index (χ0) is 14.1. The quantitative estimate of drug-likeness (QED) is 0.801. The van der Waals surface area contributed by atoms with E-state index in [0.717, 1.165) is 41.1 Å². The summed E-state index contributed by atoms with van der Waals surface area (Å²) in [5, 5.41) is 4.38. The Morgan fingerprint density at radius 2 is 2.25 bits per heavy atom. The Kier molecular flexibility index (Phi) is 3.30. The summed E-state index contributed by atoms with van der Waals surface area (Å²) in [6.07, 6.45) is 2.17. The van der Waals surface area contributed by atoms with Crippen LogP contribution in [0.25, 0.3) is 0 Å². The summed E-state index contributed by atoms with van der Waals surface area (Å²) in [7, 11) is 1.89. The van der Waals surface area contributed by atoms with Crippen molar-refractivity contribution in [2.45, 2.75) is 26.2 Å². The minimum atomic E-state index is 0.130. The number of ether oxygens (including phenoxy) is 1. The van der Waals surface area contributed by atoms with Gasteiger partial charge < -0.3 is 4.74 Å². The van der Waals surface area contributed by atoms with E-state index in [2.05, 4.69) is 12.0 Å². The van der Waals surface area contributed by atoms with Crippen molar-refractivity contribution in [3.8, 4) is 5.75 Å². The molecule has 0 bridgehead atoms. The van der Waals surface area contributed by atoms with Gasteiger partial charge in [-0.05, 0) is 36.2 Å². The number of Topliss-reactive ketones (excluding diaryl/α,β-unsaturated/α-hetero) is 1. The third kappa shape index (κ3) is 2.33. The summed E-state index contributed by atoms with van der Waals surface area (Å²) >= 11 is 0. The van der Waals surface area contributed by atoms with Crippen LogP contribution in [-0.4, -0.2) is 22.2 Å². The number of hydrogen-bond donors (Lipinski definition) is 0.